The fourth-order valence-electron chi connectivity index (χ4n) is 8.77. The minimum atomic E-state index is -4.81. The monoisotopic (exact) mass is 806 g/mol. The molecule has 15 heteroatoms. The van der Waals surface area contributed by atoms with E-state index in [0.717, 1.165) is 40.7 Å². The Bertz CT molecular complexity index is 2150. The van der Waals surface area contributed by atoms with Crippen LogP contribution in [0.4, 0.5) is 19.0 Å². The Kier molecular flexibility index (Phi) is 11.9. The van der Waals surface area contributed by atoms with E-state index in [1.807, 2.05) is 55.5 Å². The van der Waals surface area contributed by atoms with Crippen LogP contribution in [0, 0.1) is 17.8 Å². The van der Waals surface area contributed by atoms with E-state index in [2.05, 4.69) is 25.9 Å². The summed E-state index contributed by atoms with van der Waals surface area (Å²) < 4.78 is 54.9. The first-order chi connectivity index (χ1) is 27.4. The maximum absolute atomic E-state index is 14.6. The molecule has 1 amide bonds. The van der Waals surface area contributed by atoms with Crippen LogP contribution < -0.4 is 25.4 Å². The fourth-order valence-corrected chi connectivity index (χ4v) is 9.10. The van der Waals surface area contributed by atoms with E-state index < -0.39 is 35.6 Å². The van der Waals surface area contributed by atoms with E-state index in [4.69, 9.17) is 26.1 Å². The van der Waals surface area contributed by atoms with Crippen LogP contribution in [0.2, 0.25) is 5.02 Å². The topological polar surface area (TPSA) is 148 Å². The lowest BCUT2D eigenvalue weighted by Gasteiger charge is -2.22. The van der Waals surface area contributed by atoms with Gasteiger partial charge in [-0.25, -0.2) is 9.97 Å². The molecule has 2 fully saturated rings. The quantitative estimate of drug-likeness (QED) is 0.0987. The normalized spacial score (nSPS) is 21.7. The van der Waals surface area contributed by atoms with Crippen molar-refractivity contribution >= 4 is 29.3 Å². The number of methoxy groups -OCH3 is 2. The van der Waals surface area contributed by atoms with Gasteiger partial charge in [-0.3, -0.25) is 9.59 Å². The number of halogens is 4. The summed E-state index contributed by atoms with van der Waals surface area (Å²) >= 11 is 7.14. The molecule has 4 aromatic rings. The first-order valence-corrected chi connectivity index (χ1v) is 19.7. The van der Waals surface area contributed by atoms with Gasteiger partial charge in [0.2, 0.25) is 17.7 Å². The van der Waals surface area contributed by atoms with E-state index >= 15 is 0 Å². The Hall–Kier alpha value is -4.95. The number of alkyl halides is 3. The minimum absolute atomic E-state index is 0.000357. The Balaban J connectivity index is 1.11. The van der Waals surface area contributed by atoms with Gasteiger partial charge in [-0.1, -0.05) is 61.0 Å². The zero-order valence-corrected chi connectivity index (χ0v) is 32.8. The number of carboxylic acids is 1. The van der Waals surface area contributed by atoms with Gasteiger partial charge in [0, 0.05) is 42.2 Å². The minimum Gasteiger partial charge on any atom is -0.481 e. The highest BCUT2D eigenvalue weighted by Crippen LogP contribution is 2.45. The molecule has 302 valence electrons. The summed E-state index contributed by atoms with van der Waals surface area (Å²) in [6.45, 7) is 3.04. The second-order valence-corrected chi connectivity index (χ2v) is 15.5. The molecule has 2 aliphatic carbocycles. The second-order valence-electron chi connectivity index (χ2n) is 15.2. The first kappa shape index (κ1) is 40.3. The Morgan fingerprint density at radius 3 is 2.42 bits per heavy atom. The largest absolute Gasteiger partial charge is 0.481 e. The number of rotatable bonds is 14. The van der Waals surface area contributed by atoms with E-state index in [0.29, 0.717) is 67.4 Å². The van der Waals surface area contributed by atoms with Crippen molar-refractivity contribution in [1.29, 1.82) is 0 Å². The van der Waals surface area contributed by atoms with Gasteiger partial charge >= 0.3 is 12.1 Å². The number of carbonyl (C=O) groups excluding carboxylic acids is 1. The van der Waals surface area contributed by atoms with E-state index in [9.17, 15) is 27.9 Å². The molecule has 2 aromatic heterocycles. The van der Waals surface area contributed by atoms with Gasteiger partial charge in [-0.15, -0.1) is 0 Å². The number of carboxylic acid groups (broad SMARTS) is 1. The molecule has 4 N–H and O–H groups in total. The van der Waals surface area contributed by atoms with Gasteiger partial charge < -0.3 is 30.5 Å². The number of anilines is 1. The van der Waals surface area contributed by atoms with Crippen LogP contribution in [0.1, 0.15) is 79.6 Å². The summed E-state index contributed by atoms with van der Waals surface area (Å²) in [4.78, 5) is 36.6. The highest BCUT2D eigenvalue weighted by Gasteiger charge is 2.41. The number of nitrogens with one attached hydrogen (secondary N) is 3. The molecule has 0 bridgehead atoms. The molecule has 0 spiro atoms. The van der Waals surface area contributed by atoms with Gasteiger partial charge in [0.05, 0.1) is 36.9 Å². The second kappa shape index (κ2) is 16.9. The molecule has 1 saturated carbocycles. The summed E-state index contributed by atoms with van der Waals surface area (Å²) in [6.07, 6.45) is -0.449. The van der Waals surface area contributed by atoms with Crippen molar-refractivity contribution in [3.05, 3.63) is 81.6 Å². The van der Waals surface area contributed by atoms with Gasteiger partial charge in [0.1, 0.15) is 5.69 Å². The zero-order chi connectivity index (χ0) is 40.4. The summed E-state index contributed by atoms with van der Waals surface area (Å²) in [5.74, 6) is -1.51. The number of aliphatic carboxylic acids is 1. The van der Waals surface area contributed by atoms with Crippen molar-refractivity contribution < 1.29 is 37.3 Å². The molecule has 0 radical (unpaired) electrons. The van der Waals surface area contributed by atoms with Crippen LogP contribution in [0.3, 0.4) is 0 Å². The number of benzene rings is 2. The van der Waals surface area contributed by atoms with Gasteiger partial charge in [-0.2, -0.15) is 18.2 Å². The highest BCUT2D eigenvalue weighted by atomic mass is 35.5. The third kappa shape index (κ3) is 8.52. The van der Waals surface area contributed by atoms with Crippen LogP contribution >= 0.6 is 11.6 Å². The van der Waals surface area contributed by atoms with E-state index in [-0.39, 0.29) is 41.8 Å². The van der Waals surface area contributed by atoms with Gasteiger partial charge in [-0.05, 0) is 79.5 Å². The lowest BCUT2D eigenvalue weighted by Crippen LogP contribution is -2.35. The zero-order valence-electron chi connectivity index (χ0n) is 32.0. The molecular weight excluding hydrogens is 761 g/mol. The maximum Gasteiger partial charge on any atom is 0.437 e. The molecule has 11 nitrogen and oxygen atoms in total. The van der Waals surface area contributed by atoms with Gasteiger partial charge in [0.15, 0.2) is 11.5 Å². The van der Waals surface area contributed by atoms with Crippen LogP contribution in [-0.4, -0.2) is 58.7 Å². The number of carbonyl (C=O) groups is 2. The van der Waals surface area contributed by atoms with Crippen molar-refractivity contribution in [2.75, 3.05) is 26.1 Å². The van der Waals surface area contributed by atoms with Crippen molar-refractivity contribution in [3.63, 3.8) is 0 Å². The third-order valence-corrected chi connectivity index (χ3v) is 12.0. The number of amides is 1. The predicted molar refractivity (Wildman–Crippen MR) is 209 cm³/mol. The number of fused-ring (bicyclic) bond motifs is 1. The molecule has 0 unspecified atom stereocenters. The molecule has 3 heterocycles. The lowest BCUT2D eigenvalue weighted by molar-refractivity contribution is -0.144. The highest BCUT2D eigenvalue weighted by molar-refractivity contribution is 6.36. The Morgan fingerprint density at radius 1 is 0.947 bits per heavy atom. The van der Waals surface area contributed by atoms with Crippen LogP contribution in [0.15, 0.2) is 48.5 Å². The van der Waals surface area contributed by atoms with Crippen molar-refractivity contribution in [2.24, 2.45) is 17.8 Å². The van der Waals surface area contributed by atoms with Gasteiger partial charge in [0.25, 0.3) is 0 Å². The Labute approximate surface area is 334 Å². The molecule has 57 heavy (non-hydrogen) atoms. The summed E-state index contributed by atoms with van der Waals surface area (Å²) in [6, 6.07) is 14.8. The number of hydrogen-bond acceptors (Lipinski definition) is 9. The predicted octanol–water partition coefficient (Wildman–Crippen LogP) is 8.04. The number of hydrogen-bond donors (Lipinski definition) is 4. The van der Waals surface area contributed by atoms with E-state index in [1.165, 1.54) is 7.11 Å². The molecule has 3 aliphatic rings. The number of aryl methyl sites for hydroxylation is 1. The van der Waals surface area contributed by atoms with Crippen LogP contribution in [-0.2, 0) is 35.2 Å². The maximum atomic E-state index is 14.6. The van der Waals surface area contributed by atoms with Crippen molar-refractivity contribution in [1.82, 2.24) is 25.6 Å². The average molecular weight is 807 g/mol. The molecule has 2 aromatic carbocycles. The van der Waals surface area contributed by atoms with Crippen molar-refractivity contribution in [2.45, 2.75) is 83.1 Å². The third-order valence-electron chi connectivity index (χ3n) is 11.6. The number of ether oxygens (including phenoxy) is 2. The number of nitrogens with zero attached hydrogens (tertiary/aromatic N) is 3. The summed E-state index contributed by atoms with van der Waals surface area (Å²) in [5.41, 5.74) is 4.51. The smallest absolute Gasteiger partial charge is 0.437 e. The number of pyridine rings is 1. The lowest BCUT2D eigenvalue weighted by atomic mass is 9.87. The average Bonchev–Trinajstić information content (AvgIpc) is 3.91. The summed E-state index contributed by atoms with van der Waals surface area (Å²) in [5, 5.41) is 19.6. The molecule has 1 saturated heterocycles. The fraction of sp³-hybridized carbons (Fsp3) is 0.452. The standard InChI is InChI=1S/C42H46ClF3N6O5/c1-22-10-11-23(35(22)41(54)55)12-17-33-40(57-3)52-38(37(49-33)42(44,45)46)50-31-18-15-27-26(6-4-7-28(27)31)29-8-5-9-30(36(29)43)32-16-13-24(39(51-32)56-2)20-47-21-25-14-19-34(53)48-25/h4-9,13,16,22-23,25,31,35,47H,10-12,14-15,17-21H2,1-3H3,(H,48,53)(H,50,52)(H,54,55)/t22-,23-,25+,31+,35-/m1/s1. The molecule has 1 aliphatic heterocycles. The SMILES string of the molecule is COc1nc(-c2cccc(-c3cccc4c3CC[C@@H]4Nc3nc(OC)c(CC[C@H]4CC[C@@H](C)[C@H]4C(=O)O)nc3C(F)(F)F)c2Cl)ccc1CNC[C@@H]1CCC(=O)N1. The first-order valence-electron chi connectivity index (χ1n) is 19.3. The van der Waals surface area contributed by atoms with E-state index in [1.54, 1.807) is 7.11 Å². The van der Waals surface area contributed by atoms with Crippen LogP contribution in [0.5, 0.6) is 11.8 Å². The molecule has 5 atom stereocenters. The van der Waals surface area contributed by atoms with Crippen molar-refractivity contribution in [3.8, 4) is 34.1 Å². The van der Waals surface area contributed by atoms with Crippen LogP contribution in [0.25, 0.3) is 22.4 Å². The molecular formula is C42H46ClF3N6O5. The Morgan fingerprint density at radius 2 is 1.70 bits per heavy atom. The number of aromatic nitrogens is 3. The summed E-state index contributed by atoms with van der Waals surface area (Å²) in [7, 11) is 2.90. The molecule has 7 rings (SSSR count).